The topological polar surface area (TPSA) is 3.24 Å². The fourth-order valence-electron chi connectivity index (χ4n) is 2.03. The fraction of sp³-hybridized carbons (Fsp3) is 1.00. The highest BCUT2D eigenvalue weighted by atomic mass is 15.1. The van der Waals surface area contributed by atoms with Crippen LogP contribution in [-0.4, -0.2) is 25.0 Å². The van der Waals surface area contributed by atoms with Gasteiger partial charge in [0.05, 0.1) is 0 Å². The third-order valence-corrected chi connectivity index (χ3v) is 2.80. The molecule has 2 aliphatic rings. The molecule has 0 N–H and O–H groups in total. The molecule has 12 heavy (non-hydrogen) atoms. The summed E-state index contributed by atoms with van der Waals surface area (Å²) < 4.78 is 0. The predicted molar refractivity (Wildman–Crippen MR) is 56.3 cm³/mol. The van der Waals surface area contributed by atoms with Crippen molar-refractivity contribution in [3.05, 3.63) is 0 Å². The maximum absolute atomic E-state index is 2.44. The second kappa shape index (κ2) is 5.58. The third-order valence-electron chi connectivity index (χ3n) is 2.80. The summed E-state index contributed by atoms with van der Waals surface area (Å²) in [5.41, 5.74) is 0. The Morgan fingerprint density at radius 2 is 1.25 bits per heavy atom. The number of likely N-dealkylation sites (tertiary alicyclic amines) is 1. The van der Waals surface area contributed by atoms with Gasteiger partial charge in [-0.25, -0.2) is 0 Å². The van der Waals surface area contributed by atoms with Crippen LogP contribution in [0.15, 0.2) is 0 Å². The third kappa shape index (κ3) is 2.48. The van der Waals surface area contributed by atoms with E-state index in [1.807, 2.05) is 27.7 Å². The molecule has 2 rings (SSSR count). The maximum Gasteiger partial charge on any atom is 0.00126 e. The van der Waals surface area contributed by atoms with Gasteiger partial charge in [0.1, 0.15) is 0 Å². The number of piperidine rings is 1. The van der Waals surface area contributed by atoms with E-state index in [9.17, 15) is 0 Å². The zero-order valence-electron chi connectivity index (χ0n) is 9.59. The van der Waals surface area contributed by atoms with Gasteiger partial charge in [-0.05, 0) is 24.8 Å². The van der Waals surface area contributed by atoms with Crippen molar-refractivity contribution < 1.29 is 0 Å². The molecule has 2 atom stereocenters. The van der Waals surface area contributed by atoms with E-state index in [1.165, 1.54) is 13.1 Å². The minimum Gasteiger partial charge on any atom is -0.306 e. The summed E-state index contributed by atoms with van der Waals surface area (Å²) in [5.74, 6) is 3.23. The van der Waals surface area contributed by atoms with Crippen LogP contribution in [0.4, 0.5) is 0 Å². The molecule has 1 heterocycles. The van der Waals surface area contributed by atoms with E-state index in [0.717, 1.165) is 17.8 Å². The van der Waals surface area contributed by atoms with Crippen LogP contribution in [0.5, 0.6) is 0 Å². The van der Waals surface area contributed by atoms with Gasteiger partial charge < -0.3 is 4.90 Å². The molecule has 2 fully saturated rings. The highest BCUT2D eigenvalue weighted by Gasteiger charge is 2.51. The average molecular weight is 171 g/mol. The van der Waals surface area contributed by atoms with Gasteiger partial charge in [0, 0.05) is 13.1 Å². The molecule has 1 saturated heterocycles. The first-order valence-corrected chi connectivity index (χ1v) is 5.47. The Balaban J connectivity index is 0.000000269. The lowest BCUT2D eigenvalue weighted by Gasteiger charge is -2.09. The lowest BCUT2D eigenvalue weighted by Crippen LogP contribution is -2.18. The van der Waals surface area contributed by atoms with Crippen LogP contribution in [0, 0.1) is 17.8 Å². The van der Waals surface area contributed by atoms with Crippen molar-refractivity contribution in [2.24, 2.45) is 17.8 Å². The van der Waals surface area contributed by atoms with Gasteiger partial charge in [-0.1, -0.05) is 34.6 Å². The molecule has 0 amide bonds. The quantitative estimate of drug-likeness (QED) is 0.542. The van der Waals surface area contributed by atoms with Crippen LogP contribution in [0.3, 0.4) is 0 Å². The molecule has 0 aromatic carbocycles. The Hall–Kier alpha value is -0.0400. The molecule has 74 valence electrons. The average Bonchev–Trinajstić information content (AvgIpc) is 2.55. The van der Waals surface area contributed by atoms with Crippen molar-refractivity contribution >= 4 is 0 Å². The van der Waals surface area contributed by atoms with E-state index in [2.05, 4.69) is 18.9 Å². The van der Waals surface area contributed by atoms with Crippen molar-refractivity contribution in [3.8, 4) is 0 Å². The van der Waals surface area contributed by atoms with E-state index in [4.69, 9.17) is 0 Å². The summed E-state index contributed by atoms with van der Waals surface area (Å²) >= 11 is 0. The van der Waals surface area contributed by atoms with Gasteiger partial charge in [0.25, 0.3) is 0 Å². The van der Waals surface area contributed by atoms with E-state index in [-0.39, 0.29) is 0 Å². The van der Waals surface area contributed by atoms with Gasteiger partial charge in [-0.3, -0.25) is 0 Å². The zero-order chi connectivity index (χ0) is 9.72. The lowest BCUT2D eigenvalue weighted by molar-refractivity contribution is 0.350. The largest absolute Gasteiger partial charge is 0.306 e. The molecule has 1 aliphatic heterocycles. The van der Waals surface area contributed by atoms with Crippen LogP contribution < -0.4 is 0 Å². The summed E-state index contributed by atoms with van der Waals surface area (Å²) in [6.07, 6.45) is 0. The zero-order valence-corrected chi connectivity index (χ0v) is 9.59. The molecule has 2 unspecified atom stereocenters. The van der Waals surface area contributed by atoms with E-state index < -0.39 is 0 Å². The lowest BCUT2D eigenvalue weighted by atomic mass is 10.3. The molecular formula is C11H25N. The molecule has 1 heteroatoms. The van der Waals surface area contributed by atoms with Crippen molar-refractivity contribution in [1.82, 2.24) is 4.90 Å². The van der Waals surface area contributed by atoms with Crippen molar-refractivity contribution in [2.45, 2.75) is 34.6 Å². The first-order valence-electron chi connectivity index (χ1n) is 5.47. The Bertz CT molecular complexity index is 99.6. The molecular weight excluding hydrogens is 146 g/mol. The van der Waals surface area contributed by atoms with Crippen LogP contribution in [0.1, 0.15) is 34.6 Å². The number of nitrogens with zero attached hydrogens (tertiary/aromatic N) is 1. The van der Waals surface area contributed by atoms with E-state index >= 15 is 0 Å². The Labute approximate surface area is 78.1 Å². The SMILES string of the molecule is CC.CC.CC1C2CN(C)CC12. The van der Waals surface area contributed by atoms with E-state index in [0.29, 0.717) is 0 Å². The molecule has 1 aliphatic carbocycles. The molecule has 1 saturated carbocycles. The number of fused-ring (bicyclic) bond motifs is 1. The Kier molecular flexibility index (Phi) is 5.56. The summed E-state index contributed by atoms with van der Waals surface area (Å²) in [5, 5.41) is 0. The number of hydrogen-bond acceptors (Lipinski definition) is 1. The molecule has 0 aromatic rings. The molecule has 0 aromatic heterocycles. The van der Waals surface area contributed by atoms with E-state index in [1.54, 1.807) is 0 Å². The van der Waals surface area contributed by atoms with Gasteiger partial charge >= 0.3 is 0 Å². The second-order valence-corrected chi connectivity index (χ2v) is 3.41. The molecule has 1 nitrogen and oxygen atoms in total. The van der Waals surface area contributed by atoms with Crippen LogP contribution in [0.25, 0.3) is 0 Å². The Morgan fingerprint density at radius 3 is 1.50 bits per heavy atom. The van der Waals surface area contributed by atoms with Gasteiger partial charge in [0.15, 0.2) is 0 Å². The monoisotopic (exact) mass is 171 g/mol. The highest BCUT2D eigenvalue weighted by molar-refractivity contribution is 5.01. The first kappa shape index (κ1) is 12.0. The van der Waals surface area contributed by atoms with Gasteiger partial charge in [-0.2, -0.15) is 0 Å². The normalized spacial score (nSPS) is 37.0. The van der Waals surface area contributed by atoms with Crippen LogP contribution in [0.2, 0.25) is 0 Å². The summed E-state index contributed by atoms with van der Waals surface area (Å²) in [7, 11) is 2.22. The highest BCUT2D eigenvalue weighted by Crippen LogP contribution is 2.50. The predicted octanol–water partition coefficient (Wildman–Crippen LogP) is 2.87. The summed E-state index contributed by atoms with van der Waals surface area (Å²) in [6.45, 7) is 13.1. The minimum absolute atomic E-state index is 1.06. The summed E-state index contributed by atoms with van der Waals surface area (Å²) in [4.78, 5) is 2.44. The maximum atomic E-state index is 2.44. The van der Waals surface area contributed by atoms with Crippen LogP contribution in [-0.2, 0) is 0 Å². The molecule has 0 radical (unpaired) electrons. The number of rotatable bonds is 0. The minimum atomic E-state index is 1.06. The fourth-order valence-corrected chi connectivity index (χ4v) is 2.03. The van der Waals surface area contributed by atoms with Crippen molar-refractivity contribution in [3.63, 3.8) is 0 Å². The summed E-state index contributed by atoms with van der Waals surface area (Å²) in [6, 6.07) is 0. The van der Waals surface area contributed by atoms with Crippen molar-refractivity contribution in [1.29, 1.82) is 0 Å². The first-order chi connectivity index (χ1) is 5.79. The molecule has 0 spiro atoms. The molecule has 0 bridgehead atoms. The van der Waals surface area contributed by atoms with Gasteiger partial charge in [-0.15, -0.1) is 0 Å². The standard InChI is InChI=1S/C7H13N.2C2H6/c1-5-6-3-8(2)4-7(5)6;2*1-2/h5-7H,3-4H2,1-2H3;2*1-2H3. The Morgan fingerprint density at radius 1 is 0.917 bits per heavy atom. The number of hydrogen-bond donors (Lipinski definition) is 0. The van der Waals surface area contributed by atoms with Crippen LogP contribution >= 0.6 is 0 Å². The smallest absolute Gasteiger partial charge is 0.00126 e. The van der Waals surface area contributed by atoms with Crippen molar-refractivity contribution in [2.75, 3.05) is 20.1 Å². The van der Waals surface area contributed by atoms with Gasteiger partial charge in [0.2, 0.25) is 0 Å². The second-order valence-electron chi connectivity index (χ2n) is 3.41.